The Bertz CT molecular complexity index is 430. The van der Waals surface area contributed by atoms with Gasteiger partial charge in [0.25, 0.3) is 0 Å². The molecular formula is C19H35N3O2. The highest BCUT2D eigenvalue weighted by Gasteiger charge is 2.33. The van der Waals surface area contributed by atoms with E-state index in [1.807, 2.05) is 25.7 Å². The standard InChI is InChI=1S/C19H35N3O2/c1-5-16(17(23)20-15-9-7-6-8-10-15)21-11-13-22(14-12-21)18(24)19(2,3)4/h15-16H,5-14H2,1-4H3,(H,20,23)/t16-/m1/s1. The fraction of sp³-hybridized carbons (Fsp3) is 0.895. The third-order valence-electron chi connectivity index (χ3n) is 5.32. The van der Waals surface area contributed by atoms with Crippen molar-refractivity contribution in [2.24, 2.45) is 5.41 Å². The molecule has 2 fully saturated rings. The van der Waals surface area contributed by atoms with E-state index >= 15 is 0 Å². The molecule has 0 bridgehead atoms. The molecule has 2 amide bonds. The van der Waals surface area contributed by atoms with Crippen LogP contribution in [0.1, 0.15) is 66.2 Å². The Labute approximate surface area is 147 Å². The summed E-state index contributed by atoms with van der Waals surface area (Å²) in [4.78, 5) is 29.3. The second-order valence-corrected chi connectivity index (χ2v) is 8.35. The summed E-state index contributed by atoms with van der Waals surface area (Å²) in [6.07, 6.45) is 6.83. The van der Waals surface area contributed by atoms with E-state index in [2.05, 4.69) is 17.1 Å². The maximum absolute atomic E-state index is 12.7. The predicted molar refractivity (Wildman–Crippen MR) is 96.7 cm³/mol. The summed E-state index contributed by atoms with van der Waals surface area (Å²) in [6.45, 7) is 11.0. The third-order valence-corrected chi connectivity index (χ3v) is 5.32. The number of nitrogens with zero attached hydrogens (tertiary/aromatic N) is 2. The van der Waals surface area contributed by atoms with Gasteiger partial charge in [-0.15, -0.1) is 0 Å². The van der Waals surface area contributed by atoms with E-state index in [9.17, 15) is 9.59 Å². The molecule has 1 aliphatic heterocycles. The van der Waals surface area contributed by atoms with E-state index < -0.39 is 0 Å². The van der Waals surface area contributed by atoms with Crippen LogP contribution in [0.5, 0.6) is 0 Å². The van der Waals surface area contributed by atoms with E-state index in [4.69, 9.17) is 0 Å². The Balaban J connectivity index is 1.86. The molecule has 0 spiro atoms. The number of piperazine rings is 1. The zero-order chi connectivity index (χ0) is 17.7. The predicted octanol–water partition coefficient (Wildman–Crippen LogP) is 2.40. The highest BCUT2D eigenvalue weighted by Crippen LogP contribution is 2.21. The second-order valence-electron chi connectivity index (χ2n) is 8.35. The zero-order valence-electron chi connectivity index (χ0n) is 15.9. The van der Waals surface area contributed by atoms with Crippen LogP contribution in [0, 0.1) is 5.41 Å². The average Bonchev–Trinajstić information content (AvgIpc) is 2.55. The molecule has 0 aromatic heterocycles. The van der Waals surface area contributed by atoms with Crippen LogP contribution in [0.25, 0.3) is 0 Å². The minimum absolute atomic E-state index is 0.0567. The molecule has 2 aliphatic rings. The molecule has 1 heterocycles. The Morgan fingerprint density at radius 3 is 2.12 bits per heavy atom. The second kappa shape index (κ2) is 8.32. The van der Waals surface area contributed by atoms with Crippen molar-refractivity contribution >= 4 is 11.8 Å². The zero-order valence-corrected chi connectivity index (χ0v) is 15.9. The first-order chi connectivity index (χ1) is 11.3. The number of carbonyl (C=O) groups excluding carboxylic acids is 2. The van der Waals surface area contributed by atoms with Crippen LogP contribution in [0.4, 0.5) is 0 Å². The molecule has 1 atom stereocenters. The lowest BCUT2D eigenvalue weighted by atomic mass is 9.94. The van der Waals surface area contributed by atoms with Crippen molar-refractivity contribution in [3.05, 3.63) is 0 Å². The van der Waals surface area contributed by atoms with Gasteiger partial charge in [-0.05, 0) is 19.3 Å². The van der Waals surface area contributed by atoms with Crippen LogP contribution in [0.2, 0.25) is 0 Å². The smallest absolute Gasteiger partial charge is 0.237 e. The lowest BCUT2D eigenvalue weighted by Crippen LogP contribution is -2.57. The SMILES string of the molecule is CC[C@H](C(=O)NC1CCCCC1)N1CCN(C(=O)C(C)(C)C)CC1. The summed E-state index contributed by atoms with van der Waals surface area (Å²) in [6, 6.07) is 0.308. The molecule has 1 aliphatic carbocycles. The van der Waals surface area contributed by atoms with E-state index in [0.717, 1.165) is 45.4 Å². The van der Waals surface area contributed by atoms with Crippen LogP contribution in [-0.2, 0) is 9.59 Å². The largest absolute Gasteiger partial charge is 0.352 e. The number of hydrogen-bond acceptors (Lipinski definition) is 3. The normalized spacial score (nSPS) is 22.2. The maximum Gasteiger partial charge on any atom is 0.237 e. The van der Waals surface area contributed by atoms with Crippen molar-refractivity contribution in [2.45, 2.75) is 78.3 Å². The van der Waals surface area contributed by atoms with Gasteiger partial charge in [0.2, 0.25) is 11.8 Å². The minimum Gasteiger partial charge on any atom is -0.352 e. The monoisotopic (exact) mass is 337 g/mol. The van der Waals surface area contributed by atoms with Crippen LogP contribution in [0.3, 0.4) is 0 Å². The third kappa shape index (κ3) is 4.95. The molecule has 0 aromatic rings. The maximum atomic E-state index is 12.7. The average molecular weight is 338 g/mol. The van der Waals surface area contributed by atoms with Crippen molar-refractivity contribution in [1.29, 1.82) is 0 Å². The first kappa shape index (κ1) is 19.2. The number of carbonyl (C=O) groups is 2. The van der Waals surface area contributed by atoms with Gasteiger partial charge in [0, 0.05) is 37.6 Å². The number of amides is 2. The van der Waals surface area contributed by atoms with Gasteiger partial charge in [-0.2, -0.15) is 0 Å². The minimum atomic E-state index is -0.329. The van der Waals surface area contributed by atoms with Gasteiger partial charge in [-0.3, -0.25) is 14.5 Å². The number of hydrogen-bond donors (Lipinski definition) is 1. The first-order valence-electron chi connectivity index (χ1n) is 9.66. The van der Waals surface area contributed by atoms with Gasteiger partial charge in [0.15, 0.2) is 0 Å². The lowest BCUT2D eigenvalue weighted by Gasteiger charge is -2.40. The highest BCUT2D eigenvalue weighted by molar-refractivity contribution is 5.83. The molecule has 24 heavy (non-hydrogen) atoms. The lowest BCUT2D eigenvalue weighted by molar-refractivity contribution is -0.142. The Hall–Kier alpha value is -1.10. The molecular weight excluding hydrogens is 302 g/mol. The molecule has 138 valence electrons. The van der Waals surface area contributed by atoms with E-state index in [1.165, 1.54) is 19.3 Å². The summed E-state index contributed by atoms with van der Waals surface area (Å²) < 4.78 is 0. The van der Waals surface area contributed by atoms with Crippen molar-refractivity contribution < 1.29 is 9.59 Å². The summed E-state index contributed by atoms with van der Waals surface area (Å²) in [7, 11) is 0. The van der Waals surface area contributed by atoms with E-state index in [-0.39, 0.29) is 23.3 Å². The molecule has 0 aromatic carbocycles. The summed E-state index contributed by atoms with van der Waals surface area (Å²) in [5.74, 6) is 0.391. The highest BCUT2D eigenvalue weighted by atomic mass is 16.2. The van der Waals surface area contributed by atoms with Gasteiger partial charge >= 0.3 is 0 Å². The molecule has 5 heteroatoms. The van der Waals surface area contributed by atoms with Crippen LogP contribution in [0.15, 0.2) is 0 Å². The van der Waals surface area contributed by atoms with Crippen LogP contribution in [-0.4, -0.2) is 59.9 Å². The van der Waals surface area contributed by atoms with Crippen molar-refractivity contribution in [2.75, 3.05) is 26.2 Å². The Morgan fingerprint density at radius 1 is 1.04 bits per heavy atom. The van der Waals surface area contributed by atoms with E-state index in [0.29, 0.717) is 6.04 Å². The van der Waals surface area contributed by atoms with Gasteiger partial charge in [-0.1, -0.05) is 47.0 Å². The van der Waals surface area contributed by atoms with Gasteiger partial charge in [0.1, 0.15) is 0 Å². The molecule has 1 N–H and O–H groups in total. The summed E-state index contributed by atoms with van der Waals surface area (Å²) >= 11 is 0. The molecule has 1 saturated heterocycles. The van der Waals surface area contributed by atoms with Gasteiger partial charge in [-0.25, -0.2) is 0 Å². The first-order valence-corrected chi connectivity index (χ1v) is 9.66. The summed E-state index contributed by atoms with van der Waals surface area (Å²) in [5, 5.41) is 3.26. The van der Waals surface area contributed by atoms with Crippen LogP contribution < -0.4 is 5.32 Å². The summed E-state index contributed by atoms with van der Waals surface area (Å²) in [5.41, 5.74) is -0.329. The van der Waals surface area contributed by atoms with Crippen molar-refractivity contribution in [3.63, 3.8) is 0 Å². The molecule has 0 unspecified atom stereocenters. The molecule has 5 nitrogen and oxygen atoms in total. The quantitative estimate of drug-likeness (QED) is 0.857. The topological polar surface area (TPSA) is 52.7 Å². The van der Waals surface area contributed by atoms with Gasteiger partial charge < -0.3 is 10.2 Å². The van der Waals surface area contributed by atoms with Crippen molar-refractivity contribution in [1.82, 2.24) is 15.1 Å². The number of nitrogens with one attached hydrogen (secondary N) is 1. The molecule has 2 rings (SSSR count). The number of rotatable bonds is 4. The Kier molecular flexibility index (Phi) is 6.67. The Morgan fingerprint density at radius 2 is 1.62 bits per heavy atom. The van der Waals surface area contributed by atoms with Crippen molar-refractivity contribution in [3.8, 4) is 0 Å². The van der Waals surface area contributed by atoms with Gasteiger partial charge in [0.05, 0.1) is 6.04 Å². The van der Waals surface area contributed by atoms with Crippen LogP contribution >= 0.6 is 0 Å². The molecule has 0 radical (unpaired) electrons. The fourth-order valence-corrected chi connectivity index (χ4v) is 3.86. The molecule has 1 saturated carbocycles. The van der Waals surface area contributed by atoms with E-state index in [1.54, 1.807) is 0 Å². The fourth-order valence-electron chi connectivity index (χ4n) is 3.86.